The van der Waals surface area contributed by atoms with Crippen molar-refractivity contribution in [1.29, 1.82) is 0 Å². The highest BCUT2D eigenvalue weighted by Crippen LogP contribution is 2.17. The highest BCUT2D eigenvalue weighted by atomic mass is 16.3. The fourth-order valence-electron chi connectivity index (χ4n) is 2.12. The van der Waals surface area contributed by atoms with Gasteiger partial charge in [-0.1, -0.05) is 0 Å². The Labute approximate surface area is 96.3 Å². The zero-order valence-corrected chi connectivity index (χ0v) is 10.4. The van der Waals surface area contributed by atoms with Gasteiger partial charge in [-0.25, -0.2) is 0 Å². The molecule has 1 rings (SSSR count). The molecule has 0 saturated heterocycles. The maximum absolute atomic E-state index is 11.4. The molecule has 90 valence electrons. The van der Waals surface area contributed by atoms with Crippen LogP contribution in [0.2, 0.25) is 0 Å². The van der Waals surface area contributed by atoms with Crippen LogP contribution in [0, 0.1) is 13.8 Å². The Bertz CT molecular complexity index is 383. The number of carbonyl (C=O) groups is 1. The van der Waals surface area contributed by atoms with E-state index in [2.05, 4.69) is 0 Å². The number of nitrogens with zero attached hydrogens (tertiary/aromatic N) is 1. The number of nitrogens with two attached hydrogens (primary N) is 1. The third-order valence-corrected chi connectivity index (χ3v) is 2.80. The molecule has 1 atom stereocenters. The maximum atomic E-state index is 11.4. The zero-order valence-electron chi connectivity index (χ0n) is 10.4. The zero-order chi connectivity index (χ0) is 12.3. The Balaban J connectivity index is 2.90. The number of hydrogen-bond acceptors (Lipinski definition) is 2. The minimum atomic E-state index is -0.379. The van der Waals surface area contributed by atoms with E-state index in [1.165, 1.54) is 0 Å². The first kappa shape index (κ1) is 12.9. The van der Waals surface area contributed by atoms with E-state index in [-0.39, 0.29) is 11.9 Å². The summed E-state index contributed by atoms with van der Waals surface area (Å²) < 4.78 is 1.96. The van der Waals surface area contributed by atoms with Crippen LogP contribution in [-0.4, -0.2) is 35.2 Å². The van der Waals surface area contributed by atoms with Gasteiger partial charge >= 0.3 is 0 Å². The average Bonchev–Trinajstić information content (AvgIpc) is 2.42. The summed E-state index contributed by atoms with van der Waals surface area (Å²) in [4.78, 5) is 11.4. The second-order valence-corrected chi connectivity index (χ2v) is 4.28. The first-order valence-corrected chi connectivity index (χ1v) is 5.60. The summed E-state index contributed by atoms with van der Waals surface area (Å²) in [6, 6.07) is 0. The summed E-state index contributed by atoms with van der Waals surface area (Å²) in [5.74, 6) is 0.0882. The molecule has 0 spiro atoms. The van der Waals surface area contributed by atoms with Gasteiger partial charge in [-0.3, -0.25) is 4.79 Å². The van der Waals surface area contributed by atoms with Gasteiger partial charge in [0.25, 0.3) is 0 Å². The Morgan fingerprint density at radius 1 is 1.56 bits per heavy atom. The molecule has 0 fully saturated rings. The van der Waals surface area contributed by atoms with Gasteiger partial charge in [0.1, 0.15) is 12.6 Å². The number of ketones is 1. The van der Waals surface area contributed by atoms with Crippen LogP contribution in [0.4, 0.5) is 0 Å². The molecule has 0 aliphatic rings. The number of likely N-dealkylation sites (N-methyl/N-ethyl adjacent to an activating group) is 1. The number of aliphatic hydroxyl groups excluding tert-OH is 1. The summed E-state index contributed by atoms with van der Waals surface area (Å²) in [5, 5.41) is 11.7. The fourth-order valence-corrected chi connectivity index (χ4v) is 2.12. The van der Waals surface area contributed by atoms with Gasteiger partial charge in [0.2, 0.25) is 0 Å². The van der Waals surface area contributed by atoms with Crippen LogP contribution in [0.3, 0.4) is 0 Å². The lowest BCUT2D eigenvalue weighted by Gasteiger charge is -2.11. The van der Waals surface area contributed by atoms with E-state index in [0.717, 1.165) is 16.8 Å². The first-order valence-electron chi connectivity index (χ1n) is 5.60. The molecule has 4 nitrogen and oxygen atoms in total. The lowest BCUT2D eigenvalue weighted by Crippen LogP contribution is -2.82. The standard InChI is InChI=1S/C12H20N2O2/c1-8-6-14(7-11(16)5-13-4)9(2)12(8)10(3)15/h6,11,13,16H,5,7H2,1-4H3/p+1/t11-/m0/s1. The van der Waals surface area contributed by atoms with Gasteiger partial charge < -0.3 is 15.0 Å². The van der Waals surface area contributed by atoms with E-state index >= 15 is 0 Å². The molecule has 1 aromatic rings. The molecule has 0 aliphatic heterocycles. The van der Waals surface area contributed by atoms with Gasteiger partial charge in [-0.2, -0.15) is 0 Å². The molecule has 0 unspecified atom stereocenters. The molecule has 0 aliphatic carbocycles. The maximum Gasteiger partial charge on any atom is 0.161 e. The predicted molar refractivity (Wildman–Crippen MR) is 62.6 cm³/mol. The molecule has 1 aromatic heterocycles. The fraction of sp³-hybridized carbons (Fsp3) is 0.583. The van der Waals surface area contributed by atoms with E-state index in [1.54, 1.807) is 6.92 Å². The van der Waals surface area contributed by atoms with E-state index in [9.17, 15) is 9.90 Å². The molecule has 3 N–H and O–H groups in total. The monoisotopic (exact) mass is 225 g/mol. The van der Waals surface area contributed by atoms with E-state index < -0.39 is 0 Å². The Morgan fingerprint density at radius 2 is 2.19 bits per heavy atom. The number of aliphatic hydroxyl groups is 1. The molecule has 0 saturated carbocycles. The van der Waals surface area contributed by atoms with Crippen molar-refractivity contribution < 1.29 is 15.2 Å². The first-order chi connectivity index (χ1) is 7.47. The number of rotatable bonds is 5. The summed E-state index contributed by atoms with van der Waals surface area (Å²) in [7, 11) is 1.93. The topological polar surface area (TPSA) is 58.8 Å². The van der Waals surface area contributed by atoms with Crippen molar-refractivity contribution in [1.82, 2.24) is 4.57 Å². The number of hydrogen-bond donors (Lipinski definition) is 2. The molecular formula is C12H21N2O2+. The van der Waals surface area contributed by atoms with Gasteiger partial charge in [-0.05, 0) is 26.3 Å². The SMILES string of the molecule is C[NH2+]C[C@H](O)Cn1cc(C)c(C(C)=O)c1C. The van der Waals surface area contributed by atoms with Crippen LogP contribution < -0.4 is 5.32 Å². The van der Waals surface area contributed by atoms with Crippen LogP contribution in [-0.2, 0) is 6.54 Å². The van der Waals surface area contributed by atoms with Crippen molar-refractivity contribution in [2.24, 2.45) is 0 Å². The van der Waals surface area contributed by atoms with Crippen LogP contribution in [0.5, 0.6) is 0 Å². The highest BCUT2D eigenvalue weighted by Gasteiger charge is 2.15. The predicted octanol–water partition coefficient (Wildman–Crippen LogP) is -0.138. The van der Waals surface area contributed by atoms with Crippen molar-refractivity contribution >= 4 is 5.78 Å². The van der Waals surface area contributed by atoms with Crippen LogP contribution >= 0.6 is 0 Å². The molecular weight excluding hydrogens is 204 g/mol. The lowest BCUT2D eigenvalue weighted by molar-refractivity contribution is -0.634. The lowest BCUT2D eigenvalue weighted by atomic mass is 10.1. The van der Waals surface area contributed by atoms with Crippen LogP contribution in [0.15, 0.2) is 6.20 Å². The number of aryl methyl sites for hydroxylation is 1. The van der Waals surface area contributed by atoms with Gasteiger partial charge in [0, 0.05) is 17.5 Å². The van der Waals surface area contributed by atoms with Gasteiger partial charge in [-0.15, -0.1) is 0 Å². The number of Topliss-reactive ketones (excluding diaryl/α,β-unsaturated/α-hetero) is 1. The molecule has 16 heavy (non-hydrogen) atoms. The Hall–Kier alpha value is -1.13. The van der Waals surface area contributed by atoms with Crippen molar-refractivity contribution in [3.8, 4) is 0 Å². The van der Waals surface area contributed by atoms with Crippen LogP contribution in [0.1, 0.15) is 28.5 Å². The van der Waals surface area contributed by atoms with Crippen molar-refractivity contribution in [3.05, 3.63) is 23.0 Å². The van der Waals surface area contributed by atoms with E-state index in [0.29, 0.717) is 13.1 Å². The second-order valence-electron chi connectivity index (χ2n) is 4.28. The normalized spacial score (nSPS) is 12.8. The third-order valence-electron chi connectivity index (χ3n) is 2.80. The number of quaternary nitrogens is 1. The van der Waals surface area contributed by atoms with Crippen molar-refractivity contribution in [3.63, 3.8) is 0 Å². The summed E-state index contributed by atoms with van der Waals surface area (Å²) >= 11 is 0. The van der Waals surface area contributed by atoms with Gasteiger partial charge in [0.05, 0.1) is 13.6 Å². The third kappa shape index (κ3) is 2.71. The molecule has 1 heterocycles. The smallest absolute Gasteiger partial charge is 0.161 e. The highest BCUT2D eigenvalue weighted by molar-refractivity contribution is 5.96. The molecule has 0 aromatic carbocycles. The van der Waals surface area contributed by atoms with E-state index in [4.69, 9.17) is 0 Å². The molecule has 0 amide bonds. The average molecular weight is 225 g/mol. The quantitative estimate of drug-likeness (QED) is 0.685. The summed E-state index contributed by atoms with van der Waals surface area (Å²) in [6.07, 6.45) is 1.56. The Kier molecular flexibility index (Phi) is 4.26. The molecule has 0 radical (unpaired) electrons. The minimum Gasteiger partial charge on any atom is -0.385 e. The largest absolute Gasteiger partial charge is 0.385 e. The van der Waals surface area contributed by atoms with Crippen LogP contribution in [0.25, 0.3) is 0 Å². The Morgan fingerprint density at radius 3 is 2.62 bits per heavy atom. The van der Waals surface area contributed by atoms with Gasteiger partial charge in [0.15, 0.2) is 5.78 Å². The summed E-state index contributed by atoms with van der Waals surface area (Å²) in [6.45, 7) is 6.65. The molecule has 0 bridgehead atoms. The number of aromatic nitrogens is 1. The van der Waals surface area contributed by atoms with E-state index in [1.807, 2.05) is 37.0 Å². The minimum absolute atomic E-state index is 0.0882. The molecule has 4 heteroatoms. The van der Waals surface area contributed by atoms with Crippen molar-refractivity contribution in [2.75, 3.05) is 13.6 Å². The second kappa shape index (κ2) is 5.27. The number of carbonyl (C=O) groups excluding carboxylic acids is 1. The van der Waals surface area contributed by atoms with Crippen molar-refractivity contribution in [2.45, 2.75) is 33.4 Å². The summed E-state index contributed by atoms with van der Waals surface area (Å²) in [5.41, 5.74) is 2.71.